The first-order chi connectivity index (χ1) is 9.85. The van der Waals surface area contributed by atoms with Crippen molar-refractivity contribution >= 4 is 6.09 Å². The van der Waals surface area contributed by atoms with Crippen LogP contribution in [0.2, 0.25) is 0 Å². The summed E-state index contributed by atoms with van der Waals surface area (Å²) in [4.78, 5) is 10.7. The van der Waals surface area contributed by atoms with Gasteiger partial charge in [-0.25, -0.2) is 4.79 Å². The van der Waals surface area contributed by atoms with Gasteiger partial charge in [0.1, 0.15) is 0 Å². The molecule has 0 radical (unpaired) electrons. The molecular formula is C17H43NO4. The maximum absolute atomic E-state index is 9.62. The number of aliphatic hydroxyl groups is 2. The molecule has 0 rings (SSSR count). The van der Waals surface area contributed by atoms with Gasteiger partial charge in [-0.1, -0.05) is 48.5 Å². The summed E-state index contributed by atoms with van der Waals surface area (Å²) in [7, 11) is 2.95. The Bertz CT molecular complexity index is 191. The predicted molar refractivity (Wildman–Crippen MR) is 97.5 cm³/mol. The number of carboxylic acid groups (broad SMARTS) is 1. The third-order valence-electron chi connectivity index (χ3n) is 2.21. The van der Waals surface area contributed by atoms with E-state index < -0.39 is 11.7 Å². The number of carbonyl (C=O) groups is 1. The fraction of sp³-hybridized carbons (Fsp3) is 0.941. The fourth-order valence-electron chi connectivity index (χ4n) is 0. The predicted octanol–water partition coefficient (Wildman–Crippen LogP) is 4.47. The maximum Gasteiger partial charge on any atom is 0.406 e. The molecule has 0 aromatic heterocycles. The summed E-state index contributed by atoms with van der Waals surface area (Å²) in [6.07, 6.45) is -0.229. The Morgan fingerprint density at radius 3 is 1.18 bits per heavy atom. The van der Waals surface area contributed by atoms with Gasteiger partial charge in [0.25, 0.3) is 0 Å². The van der Waals surface area contributed by atoms with Crippen molar-refractivity contribution < 1.29 is 20.1 Å². The Kier molecular flexibility index (Phi) is 33.7. The quantitative estimate of drug-likeness (QED) is 0.699. The lowest BCUT2D eigenvalue weighted by Gasteiger charge is -2.11. The van der Waals surface area contributed by atoms with E-state index in [1.165, 1.54) is 14.1 Å². The molecule has 0 fully saturated rings. The van der Waals surface area contributed by atoms with Crippen LogP contribution in [0.25, 0.3) is 0 Å². The Labute approximate surface area is 139 Å². The molecule has 1 atom stereocenters. The van der Waals surface area contributed by atoms with E-state index in [0.717, 1.165) is 11.3 Å². The van der Waals surface area contributed by atoms with Crippen molar-refractivity contribution in [2.45, 2.75) is 87.4 Å². The fourth-order valence-corrected chi connectivity index (χ4v) is 0. The molecule has 0 aliphatic heterocycles. The molecule has 0 unspecified atom stereocenters. The zero-order valence-electron chi connectivity index (χ0n) is 17.1. The lowest BCUT2D eigenvalue weighted by Crippen LogP contribution is -2.18. The van der Waals surface area contributed by atoms with Crippen LogP contribution in [0.15, 0.2) is 0 Å². The summed E-state index contributed by atoms with van der Waals surface area (Å²) in [6, 6.07) is 0. The van der Waals surface area contributed by atoms with Crippen molar-refractivity contribution in [1.29, 1.82) is 0 Å². The summed E-state index contributed by atoms with van der Waals surface area (Å²) in [5.74, 6) is 0.407. The molecule has 0 aromatic carbocycles. The average Bonchev–Trinajstić information content (AvgIpc) is 2.43. The van der Waals surface area contributed by atoms with Gasteiger partial charge in [0.05, 0.1) is 11.7 Å². The van der Waals surface area contributed by atoms with Crippen LogP contribution in [0.1, 0.15) is 75.7 Å². The SMILES string of the molecule is CC.CC.CC(C)[C@H](C)O.CCC(C)(C)O.CN(C)C(=O)O. The van der Waals surface area contributed by atoms with Gasteiger partial charge in [0.2, 0.25) is 0 Å². The number of hydrogen-bond acceptors (Lipinski definition) is 3. The highest BCUT2D eigenvalue weighted by atomic mass is 16.4. The highest BCUT2D eigenvalue weighted by molar-refractivity contribution is 5.63. The molecule has 0 aliphatic carbocycles. The molecule has 0 saturated carbocycles. The van der Waals surface area contributed by atoms with Crippen LogP contribution >= 0.6 is 0 Å². The zero-order valence-corrected chi connectivity index (χ0v) is 17.1. The van der Waals surface area contributed by atoms with Crippen LogP contribution in [-0.4, -0.2) is 52.1 Å². The van der Waals surface area contributed by atoms with Crippen molar-refractivity contribution in [3.8, 4) is 0 Å². The van der Waals surface area contributed by atoms with Crippen LogP contribution in [-0.2, 0) is 0 Å². The van der Waals surface area contributed by atoms with Gasteiger partial charge in [0, 0.05) is 14.1 Å². The first kappa shape index (κ1) is 33.0. The number of nitrogens with zero attached hydrogens (tertiary/aromatic N) is 1. The molecule has 140 valence electrons. The van der Waals surface area contributed by atoms with Gasteiger partial charge in [-0.3, -0.25) is 0 Å². The summed E-state index contributed by atoms with van der Waals surface area (Å²) >= 11 is 0. The van der Waals surface area contributed by atoms with E-state index in [2.05, 4.69) is 0 Å². The molecule has 3 N–H and O–H groups in total. The maximum atomic E-state index is 9.62. The number of rotatable bonds is 2. The van der Waals surface area contributed by atoms with Crippen molar-refractivity contribution in [2.75, 3.05) is 14.1 Å². The lowest BCUT2D eigenvalue weighted by molar-refractivity contribution is 0.0765. The van der Waals surface area contributed by atoms with Gasteiger partial charge < -0.3 is 20.2 Å². The van der Waals surface area contributed by atoms with E-state index in [1.54, 1.807) is 20.8 Å². The standard InChI is InChI=1S/2C5H12O.C3H7NO2.2C2H6/c1-4-5(2,3)6;1-4(2)5(3)6;1-4(2)3(5)6;2*1-2/h6H,4H2,1-3H3;4-6H,1-3H3;1-2H3,(H,5,6);2*1-2H3/t;5-;;;/m.0.../s1. The van der Waals surface area contributed by atoms with Gasteiger partial charge in [-0.05, 0) is 33.1 Å². The normalized spacial score (nSPS) is 10.1. The van der Waals surface area contributed by atoms with E-state index in [9.17, 15) is 4.79 Å². The van der Waals surface area contributed by atoms with Crippen LogP contribution in [0.4, 0.5) is 4.79 Å². The zero-order chi connectivity index (χ0) is 19.5. The summed E-state index contributed by atoms with van der Waals surface area (Å²) in [6.45, 7) is 19.3. The number of aliphatic hydroxyl groups excluding tert-OH is 1. The molecule has 0 aromatic rings. The van der Waals surface area contributed by atoms with Gasteiger partial charge in [-0.2, -0.15) is 0 Å². The summed E-state index contributed by atoms with van der Waals surface area (Å²) < 4.78 is 0. The Hall–Kier alpha value is -0.810. The Balaban J connectivity index is -0.0000000588. The average molecular weight is 326 g/mol. The third-order valence-corrected chi connectivity index (χ3v) is 2.21. The number of hydrogen-bond donors (Lipinski definition) is 3. The molecule has 0 bridgehead atoms. The van der Waals surface area contributed by atoms with Crippen LogP contribution in [0, 0.1) is 5.92 Å². The van der Waals surface area contributed by atoms with E-state index in [-0.39, 0.29) is 6.10 Å². The van der Waals surface area contributed by atoms with Crippen LogP contribution in [0.3, 0.4) is 0 Å². The minimum atomic E-state index is -0.907. The van der Waals surface area contributed by atoms with Crippen molar-refractivity contribution in [2.24, 2.45) is 5.92 Å². The topological polar surface area (TPSA) is 81.0 Å². The highest BCUT2D eigenvalue weighted by Crippen LogP contribution is 2.03. The van der Waals surface area contributed by atoms with Crippen LogP contribution < -0.4 is 0 Å². The largest absolute Gasteiger partial charge is 0.465 e. The summed E-state index contributed by atoms with van der Waals surface area (Å²) in [5.41, 5.74) is -0.458. The molecule has 1 amide bonds. The first-order valence-corrected chi connectivity index (χ1v) is 8.15. The third kappa shape index (κ3) is 61.1. The van der Waals surface area contributed by atoms with Gasteiger partial charge in [0.15, 0.2) is 0 Å². The van der Waals surface area contributed by atoms with Crippen molar-refractivity contribution in [1.82, 2.24) is 4.90 Å². The van der Waals surface area contributed by atoms with Crippen LogP contribution in [0.5, 0.6) is 0 Å². The van der Waals surface area contributed by atoms with E-state index >= 15 is 0 Å². The second kappa shape index (κ2) is 22.5. The monoisotopic (exact) mass is 325 g/mol. The lowest BCUT2D eigenvalue weighted by atomic mass is 10.1. The molecule has 0 heterocycles. The van der Waals surface area contributed by atoms with E-state index in [1.807, 2.05) is 48.5 Å². The Morgan fingerprint density at radius 2 is 1.18 bits per heavy atom. The van der Waals surface area contributed by atoms with Crippen molar-refractivity contribution in [3.63, 3.8) is 0 Å². The second-order valence-corrected chi connectivity index (χ2v) is 5.33. The first-order valence-electron chi connectivity index (χ1n) is 8.15. The summed E-state index contributed by atoms with van der Waals surface area (Å²) in [5, 5.41) is 25.4. The molecule has 22 heavy (non-hydrogen) atoms. The molecular weight excluding hydrogens is 282 g/mol. The van der Waals surface area contributed by atoms with Crippen molar-refractivity contribution in [3.05, 3.63) is 0 Å². The molecule has 5 nitrogen and oxygen atoms in total. The van der Waals surface area contributed by atoms with Gasteiger partial charge >= 0.3 is 6.09 Å². The Morgan fingerprint density at radius 1 is 1.05 bits per heavy atom. The smallest absolute Gasteiger partial charge is 0.406 e. The molecule has 0 aliphatic rings. The molecule has 0 spiro atoms. The minimum Gasteiger partial charge on any atom is -0.465 e. The van der Waals surface area contributed by atoms with E-state index in [4.69, 9.17) is 15.3 Å². The highest BCUT2D eigenvalue weighted by Gasteiger charge is 2.05. The minimum absolute atomic E-state index is 0.148. The van der Waals surface area contributed by atoms with Gasteiger partial charge in [-0.15, -0.1) is 0 Å². The molecule has 5 heteroatoms. The number of amides is 1. The second-order valence-electron chi connectivity index (χ2n) is 5.33. The van der Waals surface area contributed by atoms with E-state index in [0.29, 0.717) is 5.92 Å². The molecule has 0 saturated heterocycles.